The maximum atomic E-state index is 12.0. The van der Waals surface area contributed by atoms with Crippen molar-refractivity contribution in [3.05, 3.63) is 12.3 Å². The molecule has 134 valence electrons. The zero-order chi connectivity index (χ0) is 17.3. The fourth-order valence-corrected chi connectivity index (χ4v) is 5.34. The van der Waals surface area contributed by atoms with Crippen molar-refractivity contribution >= 4 is 21.6 Å². The minimum Gasteiger partial charge on any atom is -0.350 e. The van der Waals surface area contributed by atoms with Crippen molar-refractivity contribution in [2.24, 2.45) is 5.92 Å². The maximum absolute atomic E-state index is 12.0. The second kappa shape index (κ2) is 6.84. The van der Waals surface area contributed by atoms with Crippen LogP contribution in [0.3, 0.4) is 0 Å². The molecule has 0 saturated carbocycles. The number of hydrogen-bond acceptors (Lipinski definition) is 7. The number of rotatable bonds is 5. The minimum absolute atomic E-state index is 0.000774. The summed E-state index contributed by atoms with van der Waals surface area (Å²) in [4.78, 5) is 13.3. The van der Waals surface area contributed by atoms with E-state index in [0.717, 1.165) is 31.9 Å². The van der Waals surface area contributed by atoms with E-state index in [9.17, 15) is 8.42 Å². The van der Waals surface area contributed by atoms with Gasteiger partial charge in [-0.2, -0.15) is 4.98 Å². The van der Waals surface area contributed by atoms with Crippen molar-refractivity contribution < 1.29 is 8.42 Å². The Morgan fingerprint density at radius 2 is 2.21 bits per heavy atom. The molecule has 0 bridgehead atoms. The van der Waals surface area contributed by atoms with Crippen molar-refractivity contribution in [3.63, 3.8) is 0 Å². The molecule has 0 aromatic carbocycles. The Labute approximate surface area is 144 Å². The number of aromatic nitrogens is 2. The smallest absolute Gasteiger partial charge is 0.226 e. The lowest BCUT2D eigenvalue weighted by atomic mass is 10.1. The van der Waals surface area contributed by atoms with Gasteiger partial charge in [-0.1, -0.05) is 13.8 Å². The summed E-state index contributed by atoms with van der Waals surface area (Å²) in [7, 11) is -0.970. The zero-order valence-electron chi connectivity index (χ0n) is 14.6. The van der Waals surface area contributed by atoms with E-state index in [-0.39, 0.29) is 23.6 Å². The third kappa shape index (κ3) is 3.80. The van der Waals surface area contributed by atoms with Gasteiger partial charge in [0.1, 0.15) is 5.82 Å². The van der Waals surface area contributed by atoms with Gasteiger partial charge in [-0.05, 0) is 18.4 Å². The van der Waals surface area contributed by atoms with E-state index in [4.69, 9.17) is 4.98 Å². The number of anilines is 2. The molecular weight excluding hydrogens is 326 g/mol. The summed E-state index contributed by atoms with van der Waals surface area (Å²) in [6.45, 7) is 6.85. The molecule has 24 heavy (non-hydrogen) atoms. The molecular formula is C16H27N5O2S. The van der Waals surface area contributed by atoms with Gasteiger partial charge in [0, 0.05) is 38.9 Å². The Bertz CT molecular complexity index is 679. The molecule has 2 aliphatic heterocycles. The van der Waals surface area contributed by atoms with Gasteiger partial charge in [0.2, 0.25) is 5.95 Å². The summed E-state index contributed by atoms with van der Waals surface area (Å²) in [6, 6.07) is 1.85. The Morgan fingerprint density at radius 3 is 2.96 bits per heavy atom. The quantitative estimate of drug-likeness (QED) is 0.827. The lowest BCUT2D eigenvalue weighted by molar-refractivity contribution is 0.422. The fraction of sp³-hybridized carbons (Fsp3) is 0.750. The monoisotopic (exact) mass is 353 g/mol. The first-order valence-electron chi connectivity index (χ1n) is 8.60. The van der Waals surface area contributed by atoms with Gasteiger partial charge in [-0.3, -0.25) is 0 Å². The van der Waals surface area contributed by atoms with E-state index in [1.165, 1.54) is 0 Å². The number of hydrogen-bond donors (Lipinski definition) is 1. The normalized spacial score (nSPS) is 25.8. The van der Waals surface area contributed by atoms with Crippen LogP contribution in [0.15, 0.2) is 12.3 Å². The van der Waals surface area contributed by atoms with Crippen molar-refractivity contribution in [3.8, 4) is 0 Å². The van der Waals surface area contributed by atoms with Crippen LogP contribution in [0.4, 0.5) is 11.8 Å². The van der Waals surface area contributed by atoms with Gasteiger partial charge in [0.25, 0.3) is 0 Å². The molecule has 0 spiro atoms. The van der Waals surface area contributed by atoms with Crippen LogP contribution >= 0.6 is 0 Å². The van der Waals surface area contributed by atoms with Crippen molar-refractivity contribution in [2.75, 3.05) is 48.0 Å². The van der Waals surface area contributed by atoms with Gasteiger partial charge >= 0.3 is 0 Å². The Balaban J connectivity index is 1.78. The van der Waals surface area contributed by atoms with E-state index < -0.39 is 9.84 Å². The fourth-order valence-electron chi connectivity index (χ4n) is 3.39. The molecule has 8 heteroatoms. The van der Waals surface area contributed by atoms with Gasteiger partial charge < -0.3 is 15.1 Å². The van der Waals surface area contributed by atoms with Crippen molar-refractivity contribution in [1.29, 1.82) is 0 Å². The topological polar surface area (TPSA) is 78.4 Å². The number of piperazine rings is 1. The van der Waals surface area contributed by atoms with Gasteiger partial charge in [0.05, 0.1) is 17.5 Å². The second-order valence-corrected chi connectivity index (χ2v) is 9.37. The van der Waals surface area contributed by atoms with Crippen LogP contribution < -0.4 is 15.1 Å². The van der Waals surface area contributed by atoms with Crippen LogP contribution in [0.2, 0.25) is 0 Å². The van der Waals surface area contributed by atoms with Crippen LogP contribution in [0, 0.1) is 5.92 Å². The van der Waals surface area contributed by atoms with Gasteiger partial charge in [0.15, 0.2) is 9.84 Å². The SMILES string of the molecule is CC(C)CCN(C)c1nccc(N2CCN[C@H]3CS(=O)(=O)C[C@H]32)n1. The molecule has 1 N–H and O–H groups in total. The van der Waals surface area contributed by atoms with Gasteiger partial charge in [-0.15, -0.1) is 0 Å². The lowest BCUT2D eigenvalue weighted by Crippen LogP contribution is -2.57. The van der Waals surface area contributed by atoms with Gasteiger partial charge in [-0.25, -0.2) is 13.4 Å². The average molecular weight is 353 g/mol. The van der Waals surface area contributed by atoms with E-state index in [0.29, 0.717) is 11.9 Å². The predicted molar refractivity (Wildman–Crippen MR) is 96.3 cm³/mol. The van der Waals surface area contributed by atoms with Crippen LogP contribution in [0.25, 0.3) is 0 Å². The molecule has 0 unspecified atom stereocenters. The largest absolute Gasteiger partial charge is 0.350 e. The first-order chi connectivity index (χ1) is 11.4. The molecule has 2 aliphatic rings. The molecule has 7 nitrogen and oxygen atoms in total. The minimum atomic E-state index is -2.97. The van der Waals surface area contributed by atoms with Crippen LogP contribution in [-0.2, 0) is 9.84 Å². The molecule has 1 aromatic heterocycles. The third-order valence-corrected chi connectivity index (χ3v) is 6.50. The number of sulfone groups is 1. The summed E-state index contributed by atoms with van der Waals surface area (Å²) >= 11 is 0. The molecule has 2 fully saturated rings. The molecule has 0 radical (unpaired) electrons. The Morgan fingerprint density at radius 1 is 1.42 bits per heavy atom. The Kier molecular flexibility index (Phi) is 4.96. The molecule has 3 heterocycles. The highest BCUT2D eigenvalue weighted by molar-refractivity contribution is 7.91. The zero-order valence-corrected chi connectivity index (χ0v) is 15.5. The average Bonchev–Trinajstić information content (AvgIpc) is 2.86. The van der Waals surface area contributed by atoms with E-state index >= 15 is 0 Å². The highest BCUT2D eigenvalue weighted by Gasteiger charge is 2.43. The standard InChI is InChI=1S/C16H27N5O2S/c1-12(2)5-8-20(3)16-18-6-4-15(19-16)21-9-7-17-13-10-24(22,23)11-14(13)21/h4,6,12-14,17H,5,7-11H2,1-3H3/t13-,14+/m0/s1. The highest BCUT2D eigenvalue weighted by Crippen LogP contribution is 2.26. The van der Waals surface area contributed by atoms with E-state index in [1.54, 1.807) is 6.20 Å². The summed E-state index contributed by atoms with van der Waals surface area (Å²) in [5.74, 6) is 2.58. The number of fused-ring (bicyclic) bond motifs is 1. The number of nitrogens with one attached hydrogen (secondary N) is 1. The second-order valence-electron chi connectivity index (χ2n) is 7.22. The molecule has 1 aromatic rings. The van der Waals surface area contributed by atoms with Crippen LogP contribution in [0.1, 0.15) is 20.3 Å². The van der Waals surface area contributed by atoms with E-state index in [1.807, 2.05) is 13.1 Å². The predicted octanol–water partition coefficient (Wildman–Crippen LogP) is 0.534. The summed E-state index contributed by atoms with van der Waals surface area (Å²) in [6.07, 6.45) is 2.85. The maximum Gasteiger partial charge on any atom is 0.226 e. The van der Waals surface area contributed by atoms with Crippen molar-refractivity contribution in [2.45, 2.75) is 32.4 Å². The number of nitrogens with zero attached hydrogens (tertiary/aromatic N) is 4. The summed E-state index contributed by atoms with van der Waals surface area (Å²) in [5.41, 5.74) is 0. The first kappa shape index (κ1) is 17.4. The summed E-state index contributed by atoms with van der Waals surface area (Å²) in [5, 5.41) is 3.33. The molecule has 2 atom stereocenters. The molecule has 0 amide bonds. The highest BCUT2D eigenvalue weighted by atomic mass is 32.2. The van der Waals surface area contributed by atoms with Crippen LogP contribution in [-0.4, -0.2) is 68.7 Å². The van der Waals surface area contributed by atoms with Crippen LogP contribution in [0.5, 0.6) is 0 Å². The Hall–Kier alpha value is -1.41. The molecule has 2 saturated heterocycles. The molecule has 0 aliphatic carbocycles. The lowest BCUT2D eigenvalue weighted by Gasteiger charge is -2.38. The molecule has 3 rings (SSSR count). The van der Waals surface area contributed by atoms with E-state index in [2.05, 4.69) is 33.9 Å². The first-order valence-corrected chi connectivity index (χ1v) is 10.4. The van der Waals surface area contributed by atoms with Crippen molar-refractivity contribution in [1.82, 2.24) is 15.3 Å². The summed E-state index contributed by atoms with van der Waals surface area (Å²) < 4.78 is 24.0. The third-order valence-electron chi connectivity index (χ3n) is 4.79.